The zero-order valence-electron chi connectivity index (χ0n) is 33.4. The second-order valence-corrected chi connectivity index (χ2v) is 17.5. The number of benzene rings is 6. The number of rotatable bonds is 15. The summed E-state index contributed by atoms with van der Waals surface area (Å²) < 4.78 is 49.1. The minimum Gasteiger partial charge on any atom is -0.431 e. The minimum atomic E-state index is -4.01. The Balaban J connectivity index is 1.00. The molecule has 0 saturated carbocycles. The molecule has 0 bridgehead atoms. The maximum Gasteiger partial charge on any atom is 0.256 e. The van der Waals surface area contributed by atoms with Gasteiger partial charge in [0.2, 0.25) is 15.9 Å². The number of nitrogens with zero attached hydrogens (tertiary/aromatic N) is 1. The van der Waals surface area contributed by atoms with Gasteiger partial charge in [-0.1, -0.05) is 157 Å². The van der Waals surface area contributed by atoms with E-state index in [1.165, 1.54) is 23.9 Å². The van der Waals surface area contributed by atoms with Crippen LogP contribution < -0.4 is 10.0 Å². The number of aliphatic hydroxyl groups excluding tert-OH is 1. The third-order valence-corrected chi connectivity index (χ3v) is 12.8. The summed E-state index contributed by atoms with van der Waals surface area (Å²) in [5.41, 5.74) is 7.36. The van der Waals surface area contributed by atoms with E-state index in [1.807, 2.05) is 134 Å². The third kappa shape index (κ3) is 10.5. The first kappa shape index (κ1) is 41.9. The van der Waals surface area contributed by atoms with E-state index < -0.39 is 28.3 Å². The Morgan fingerprint density at radius 3 is 2.03 bits per heavy atom. The summed E-state index contributed by atoms with van der Waals surface area (Å²) in [5.74, 6) is 0.728. The summed E-state index contributed by atoms with van der Waals surface area (Å²) in [7, 11) is -4.01. The summed E-state index contributed by atoms with van der Waals surface area (Å²) in [6.07, 6.45) is -0.619. The van der Waals surface area contributed by atoms with Crippen molar-refractivity contribution in [3.63, 3.8) is 0 Å². The van der Waals surface area contributed by atoms with Crippen LogP contribution >= 0.6 is 11.8 Å². The van der Waals surface area contributed by atoms with E-state index in [1.54, 1.807) is 24.3 Å². The third-order valence-electron chi connectivity index (χ3n) is 10.4. The molecular weight excluding hydrogens is 807 g/mol. The maximum atomic E-state index is 13.8. The average molecular weight is 852 g/mol. The van der Waals surface area contributed by atoms with Gasteiger partial charge in [0.1, 0.15) is 11.7 Å². The number of nitrogens with one attached hydrogen (secondary N) is 2. The van der Waals surface area contributed by atoms with Gasteiger partial charge in [-0.15, -0.1) is 0 Å². The highest BCUT2D eigenvalue weighted by molar-refractivity contribution is 7.99. The number of hydrogen-bond acceptors (Lipinski definition) is 9. The molecule has 10 nitrogen and oxygen atoms in total. The Morgan fingerprint density at radius 2 is 1.38 bits per heavy atom. The second kappa shape index (κ2) is 19.2. The molecule has 310 valence electrons. The standard InChI is InChI=1S/C49H45N3O7S2/c1-33-17-27-42(28-18-33)61(55,56)52-43(29-34-11-5-2-6-12-34)47(54)50-40-25-23-39(24-26-40)48-57-41(30-44(58-48)36-21-19-35(31-53)20-22-36)32-60-49-51-45(37-13-7-3-8-14-37)46(59-49)38-15-9-4-10-16-38/h2-28,41,43-44,48,52-53H,29-32H2,1H3,(H,50,54)/t41-,43+,44+,48+/m0/s1. The van der Waals surface area contributed by atoms with Crippen molar-refractivity contribution in [3.05, 3.63) is 192 Å². The maximum absolute atomic E-state index is 13.8. The second-order valence-electron chi connectivity index (χ2n) is 14.8. The van der Waals surface area contributed by atoms with Gasteiger partial charge in [0, 0.05) is 34.6 Å². The van der Waals surface area contributed by atoms with Gasteiger partial charge in [0.15, 0.2) is 12.1 Å². The van der Waals surface area contributed by atoms with Gasteiger partial charge < -0.3 is 24.3 Å². The van der Waals surface area contributed by atoms with Gasteiger partial charge in [0.05, 0.1) is 23.7 Å². The number of aliphatic hydroxyl groups is 1. The van der Waals surface area contributed by atoms with Crippen LogP contribution in [0.3, 0.4) is 0 Å². The molecule has 1 aliphatic heterocycles. The van der Waals surface area contributed by atoms with Gasteiger partial charge in [-0.2, -0.15) is 4.72 Å². The van der Waals surface area contributed by atoms with E-state index in [-0.39, 0.29) is 30.1 Å². The zero-order chi connectivity index (χ0) is 42.2. The first-order valence-corrected chi connectivity index (χ1v) is 22.5. The fraction of sp³-hybridized carbons (Fsp3) is 0.184. The Morgan fingerprint density at radius 1 is 0.754 bits per heavy atom. The molecule has 1 fully saturated rings. The largest absolute Gasteiger partial charge is 0.431 e. The molecule has 6 aromatic carbocycles. The molecule has 12 heteroatoms. The minimum absolute atomic E-state index is 0.0581. The molecule has 3 N–H and O–H groups in total. The van der Waals surface area contributed by atoms with Crippen LogP contribution in [0.4, 0.5) is 5.69 Å². The molecule has 0 unspecified atom stereocenters. The number of anilines is 1. The predicted molar refractivity (Wildman–Crippen MR) is 237 cm³/mol. The Labute approximate surface area is 360 Å². The lowest BCUT2D eigenvalue weighted by atomic mass is 10.0. The van der Waals surface area contributed by atoms with Crippen molar-refractivity contribution in [1.29, 1.82) is 0 Å². The number of ether oxygens (including phenoxy) is 2. The molecule has 61 heavy (non-hydrogen) atoms. The monoisotopic (exact) mass is 851 g/mol. The lowest BCUT2D eigenvalue weighted by Gasteiger charge is -2.36. The van der Waals surface area contributed by atoms with Crippen molar-refractivity contribution in [2.45, 2.75) is 61.0 Å². The number of amides is 1. The van der Waals surface area contributed by atoms with Crippen LogP contribution in [0.15, 0.2) is 178 Å². The fourth-order valence-corrected chi connectivity index (χ4v) is 9.13. The molecule has 2 heterocycles. The van der Waals surface area contributed by atoms with Crippen molar-refractivity contribution in [1.82, 2.24) is 9.71 Å². The lowest BCUT2D eigenvalue weighted by Crippen LogP contribution is -2.45. The smallest absolute Gasteiger partial charge is 0.256 e. The molecule has 0 spiro atoms. The van der Waals surface area contributed by atoms with Crippen LogP contribution in [0.25, 0.3) is 22.6 Å². The SMILES string of the molecule is Cc1ccc(S(=O)(=O)N[C@H](Cc2ccccc2)C(=O)Nc2ccc([C@@H]3O[C@H](CSc4nc(-c5ccccc5)c(-c5ccccc5)o4)C[C@H](c4ccc(CO)cc4)O3)cc2)cc1. The van der Waals surface area contributed by atoms with Crippen molar-refractivity contribution in [2.75, 3.05) is 11.1 Å². The topological polar surface area (TPSA) is 140 Å². The number of aromatic nitrogens is 1. The summed E-state index contributed by atoms with van der Waals surface area (Å²) in [5, 5.41) is 13.1. The van der Waals surface area contributed by atoms with E-state index in [4.69, 9.17) is 18.9 Å². The number of carbonyl (C=O) groups is 1. The first-order chi connectivity index (χ1) is 29.7. The highest BCUT2D eigenvalue weighted by atomic mass is 32.2. The van der Waals surface area contributed by atoms with Crippen LogP contribution in [0, 0.1) is 6.92 Å². The van der Waals surface area contributed by atoms with E-state index in [0.717, 1.165) is 44.6 Å². The van der Waals surface area contributed by atoms with Crippen LogP contribution in [0.1, 0.15) is 46.6 Å². The molecule has 0 radical (unpaired) electrons. The van der Waals surface area contributed by atoms with Gasteiger partial charge in [-0.3, -0.25) is 4.79 Å². The quantitative estimate of drug-likeness (QED) is 0.0861. The van der Waals surface area contributed by atoms with Gasteiger partial charge in [-0.05, 0) is 54.3 Å². The Hall–Kier alpha value is -5.86. The van der Waals surface area contributed by atoms with Crippen LogP contribution in [0.5, 0.6) is 0 Å². The molecule has 1 amide bonds. The predicted octanol–water partition coefficient (Wildman–Crippen LogP) is 9.68. The van der Waals surface area contributed by atoms with Crippen LogP contribution in [-0.2, 0) is 37.3 Å². The zero-order valence-corrected chi connectivity index (χ0v) is 35.0. The number of carbonyl (C=O) groups excluding carboxylic acids is 1. The fourth-order valence-electron chi connectivity index (χ4n) is 7.09. The normalized spacial score (nSPS) is 17.1. The summed E-state index contributed by atoms with van der Waals surface area (Å²) in [4.78, 5) is 18.8. The summed E-state index contributed by atoms with van der Waals surface area (Å²) in [6.45, 7) is 1.82. The molecule has 4 atom stereocenters. The number of hydrogen-bond donors (Lipinski definition) is 3. The Kier molecular flexibility index (Phi) is 13.2. The van der Waals surface area contributed by atoms with Gasteiger partial charge >= 0.3 is 0 Å². The lowest BCUT2D eigenvalue weighted by molar-refractivity contribution is -0.245. The Bertz CT molecular complexity index is 2570. The summed E-state index contributed by atoms with van der Waals surface area (Å²) >= 11 is 1.48. The number of thioether (sulfide) groups is 1. The molecular formula is C49H45N3O7S2. The van der Waals surface area contributed by atoms with Crippen molar-refractivity contribution < 1.29 is 32.2 Å². The van der Waals surface area contributed by atoms with E-state index in [9.17, 15) is 18.3 Å². The van der Waals surface area contributed by atoms with E-state index in [2.05, 4.69) is 10.0 Å². The van der Waals surface area contributed by atoms with Crippen molar-refractivity contribution >= 4 is 33.4 Å². The number of sulfonamides is 1. The number of aryl methyl sites for hydroxylation is 1. The van der Waals surface area contributed by atoms with Crippen LogP contribution in [-0.4, -0.2) is 42.3 Å². The highest BCUT2D eigenvalue weighted by Crippen LogP contribution is 2.41. The van der Waals surface area contributed by atoms with Crippen LogP contribution in [0.2, 0.25) is 0 Å². The molecule has 0 aliphatic carbocycles. The first-order valence-electron chi connectivity index (χ1n) is 20.0. The van der Waals surface area contributed by atoms with Crippen molar-refractivity contribution in [3.8, 4) is 22.6 Å². The van der Waals surface area contributed by atoms with Crippen molar-refractivity contribution in [2.24, 2.45) is 0 Å². The molecule has 8 rings (SSSR count). The van der Waals surface area contributed by atoms with E-state index in [0.29, 0.717) is 28.8 Å². The number of oxazole rings is 1. The summed E-state index contributed by atoms with van der Waals surface area (Å²) in [6, 6.07) is 49.5. The van der Waals surface area contributed by atoms with Gasteiger partial charge in [-0.25, -0.2) is 13.4 Å². The molecule has 1 aromatic heterocycles. The van der Waals surface area contributed by atoms with E-state index >= 15 is 0 Å². The average Bonchev–Trinajstić information content (AvgIpc) is 3.74. The molecule has 1 saturated heterocycles. The molecule has 7 aromatic rings. The highest BCUT2D eigenvalue weighted by Gasteiger charge is 2.33. The van der Waals surface area contributed by atoms with Gasteiger partial charge in [0.25, 0.3) is 5.22 Å². The molecule has 1 aliphatic rings.